The highest BCUT2D eigenvalue weighted by Gasteiger charge is 2.08. The van der Waals surface area contributed by atoms with Crippen LogP contribution in [0.3, 0.4) is 0 Å². The lowest BCUT2D eigenvalue weighted by atomic mass is 10.1. The summed E-state index contributed by atoms with van der Waals surface area (Å²) in [6.45, 7) is 1.07. The van der Waals surface area contributed by atoms with E-state index in [1.165, 1.54) is 11.6 Å². The largest absolute Gasteiger partial charge is 0.497 e. The number of hydrogen-bond acceptors (Lipinski definition) is 4. The maximum absolute atomic E-state index is 13.6. The number of rotatable bonds is 9. The summed E-state index contributed by atoms with van der Waals surface area (Å²) >= 11 is 0. The first kappa shape index (κ1) is 20.3. The third-order valence-electron chi connectivity index (χ3n) is 4.53. The fraction of sp³-hybridized carbons (Fsp3) is 0.217. The summed E-state index contributed by atoms with van der Waals surface area (Å²) in [4.78, 5) is 16.4. The highest BCUT2D eigenvalue weighted by Crippen LogP contribution is 2.13. The van der Waals surface area contributed by atoms with Gasteiger partial charge in [0.05, 0.1) is 7.11 Å². The number of methoxy groups -OCH3 is 1. The van der Waals surface area contributed by atoms with E-state index < -0.39 is 0 Å². The number of benzene rings is 2. The lowest BCUT2D eigenvalue weighted by Gasteiger charge is -2.09. The Morgan fingerprint density at radius 1 is 1.03 bits per heavy atom. The molecule has 1 amide bonds. The van der Waals surface area contributed by atoms with E-state index in [4.69, 9.17) is 4.74 Å². The molecule has 0 spiro atoms. The van der Waals surface area contributed by atoms with E-state index in [9.17, 15) is 9.18 Å². The van der Waals surface area contributed by atoms with Crippen LogP contribution in [0.1, 0.15) is 21.6 Å². The molecule has 6 heteroatoms. The summed E-state index contributed by atoms with van der Waals surface area (Å²) in [5.74, 6) is 0.296. The smallest absolute Gasteiger partial charge is 0.269 e. The molecule has 0 atom stereocenters. The number of nitrogens with one attached hydrogen (secondary N) is 2. The molecule has 0 radical (unpaired) electrons. The van der Waals surface area contributed by atoms with Gasteiger partial charge in [-0.05, 0) is 54.3 Å². The lowest BCUT2D eigenvalue weighted by molar-refractivity contribution is 0.0949. The molecule has 150 valence electrons. The van der Waals surface area contributed by atoms with E-state index in [2.05, 4.69) is 15.6 Å². The zero-order chi connectivity index (χ0) is 20.5. The van der Waals surface area contributed by atoms with E-state index in [1.54, 1.807) is 37.6 Å². The van der Waals surface area contributed by atoms with Crippen LogP contribution >= 0.6 is 0 Å². The molecule has 0 aliphatic carbocycles. The monoisotopic (exact) mass is 393 g/mol. The molecule has 0 unspecified atom stereocenters. The predicted octanol–water partition coefficient (Wildman–Crippen LogP) is 3.86. The number of nitrogens with zero attached hydrogens (tertiary/aromatic N) is 1. The summed E-state index contributed by atoms with van der Waals surface area (Å²) < 4.78 is 18.8. The summed E-state index contributed by atoms with van der Waals surface area (Å²) in [5.41, 5.74) is 2.92. The Bertz CT molecular complexity index is 945. The van der Waals surface area contributed by atoms with Crippen LogP contribution in [0.25, 0.3) is 0 Å². The fourth-order valence-corrected chi connectivity index (χ4v) is 2.91. The Balaban J connectivity index is 1.47. The molecule has 0 saturated heterocycles. The first-order valence-electron chi connectivity index (χ1n) is 9.50. The molecule has 1 aromatic heterocycles. The topological polar surface area (TPSA) is 63.2 Å². The van der Waals surface area contributed by atoms with E-state index in [0.717, 1.165) is 24.4 Å². The summed E-state index contributed by atoms with van der Waals surface area (Å²) in [6, 6.07) is 18.0. The number of pyridine rings is 1. The highest BCUT2D eigenvalue weighted by molar-refractivity contribution is 5.93. The first-order valence-corrected chi connectivity index (χ1v) is 9.50. The molecule has 0 aliphatic heterocycles. The number of aromatic nitrogens is 1. The van der Waals surface area contributed by atoms with E-state index in [0.29, 0.717) is 24.2 Å². The van der Waals surface area contributed by atoms with Gasteiger partial charge < -0.3 is 15.4 Å². The van der Waals surface area contributed by atoms with Gasteiger partial charge >= 0.3 is 0 Å². The SMILES string of the molecule is COc1ccc(CCNc2ccnc(C(=O)NCCc3ccccc3F)c2)cc1. The molecule has 3 aromatic rings. The second-order valence-corrected chi connectivity index (χ2v) is 6.55. The predicted molar refractivity (Wildman–Crippen MR) is 112 cm³/mol. The Kier molecular flexibility index (Phi) is 7.16. The van der Waals surface area contributed by atoms with Crippen LogP contribution in [0, 0.1) is 5.82 Å². The normalized spacial score (nSPS) is 10.4. The minimum atomic E-state index is -0.278. The van der Waals surface area contributed by atoms with Crippen molar-refractivity contribution in [3.8, 4) is 5.75 Å². The molecule has 3 rings (SSSR count). The Labute approximate surface area is 169 Å². The van der Waals surface area contributed by atoms with Gasteiger partial charge in [0.15, 0.2) is 0 Å². The van der Waals surface area contributed by atoms with Crippen LogP contribution in [0.2, 0.25) is 0 Å². The molecular formula is C23H24FN3O2. The van der Waals surface area contributed by atoms with Crippen LogP contribution < -0.4 is 15.4 Å². The van der Waals surface area contributed by atoms with Gasteiger partial charge in [-0.15, -0.1) is 0 Å². The number of amides is 1. The van der Waals surface area contributed by atoms with Crippen LogP contribution in [-0.4, -0.2) is 31.1 Å². The van der Waals surface area contributed by atoms with Gasteiger partial charge in [0.1, 0.15) is 17.3 Å². The third kappa shape index (κ3) is 6.04. The Morgan fingerprint density at radius 2 is 1.83 bits per heavy atom. The van der Waals surface area contributed by atoms with Crippen molar-refractivity contribution < 1.29 is 13.9 Å². The number of carbonyl (C=O) groups excluding carboxylic acids is 1. The first-order chi connectivity index (χ1) is 14.2. The van der Waals surface area contributed by atoms with E-state index in [1.807, 2.05) is 30.3 Å². The molecule has 29 heavy (non-hydrogen) atoms. The van der Waals surface area contributed by atoms with E-state index in [-0.39, 0.29) is 11.7 Å². The second-order valence-electron chi connectivity index (χ2n) is 6.55. The molecular weight excluding hydrogens is 369 g/mol. The van der Waals surface area contributed by atoms with E-state index >= 15 is 0 Å². The van der Waals surface area contributed by atoms with Gasteiger partial charge in [0.2, 0.25) is 0 Å². The number of anilines is 1. The quantitative estimate of drug-likeness (QED) is 0.580. The number of carbonyl (C=O) groups is 1. The summed E-state index contributed by atoms with van der Waals surface area (Å²) in [6.07, 6.45) is 2.87. The van der Waals surface area contributed by atoms with Gasteiger partial charge in [-0.1, -0.05) is 30.3 Å². The Morgan fingerprint density at radius 3 is 2.59 bits per heavy atom. The number of halogens is 1. The number of ether oxygens (including phenoxy) is 1. The van der Waals surface area contributed by atoms with Crippen molar-refractivity contribution in [3.05, 3.63) is 89.5 Å². The average molecular weight is 393 g/mol. The minimum absolute atomic E-state index is 0.261. The molecule has 1 heterocycles. The highest BCUT2D eigenvalue weighted by atomic mass is 19.1. The standard InChI is InChI=1S/C23H24FN3O2/c1-29-20-8-6-17(7-9-20)10-13-25-19-12-15-26-22(16-19)23(28)27-14-11-18-4-2-3-5-21(18)24/h2-9,12,15-16H,10-11,13-14H2,1H3,(H,25,26)(H,27,28). The molecule has 2 aromatic carbocycles. The molecule has 0 bridgehead atoms. The van der Waals surface area contributed by atoms with Gasteiger partial charge in [0.25, 0.3) is 5.91 Å². The molecule has 0 fully saturated rings. The van der Waals surface area contributed by atoms with Gasteiger partial charge in [0, 0.05) is 25.0 Å². The van der Waals surface area contributed by atoms with Crippen LogP contribution in [-0.2, 0) is 12.8 Å². The molecule has 5 nitrogen and oxygen atoms in total. The zero-order valence-electron chi connectivity index (χ0n) is 16.3. The van der Waals surface area contributed by atoms with Crippen molar-refractivity contribution in [1.29, 1.82) is 0 Å². The average Bonchev–Trinajstić information content (AvgIpc) is 2.76. The summed E-state index contributed by atoms with van der Waals surface area (Å²) in [7, 11) is 1.65. The van der Waals surface area contributed by atoms with Crippen molar-refractivity contribution in [2.75, 3.05) is 25.5 Å². The second kappa shape index (κ2) is 10.2. The number of hydrogen-bond donors (Lipinski definition) is 2. The zero-order valence-corrected chi connectivity index (χ0v) is 16.3. The van der Waals surface area contributed by atoms with Gasteiger partial charge in [-0.2, -0.15) is 0 Å². The minimum Gasteiger partial charge on any atom is -0.497 e. The van der Waals surface area contributed by atoms with Crippen LogP contribution in [0.15, 0.2) is 66.9 Å². The van der Waals surface area contributed by atoms with Gasteiger partial charge in [-0.25, -0.2) is 4.39 Å². The molecule has 0 aliphatic rings. The van der Waals surface area contributed by atoms with Crippen molar-refractivity contribution >= 4 is 11.6 Å². The lowest BCUT2D eigenvalue weighted by Crippen LogP contribution is -2.26. The third-order valence-corrected chi connectivity index (χ3v) is 4.53. The van der Waals surface area contributed by atoms with Crippen molar-refractivity contribution in [2.24, 2.45) is 0 Å². The van der Waals surface area contributed by atoms with Crippen molar-refractivity contribution in [1.82, 2.24) is 10.3 Å². The van der Waals surface area contributed by atoms with Crippen LogP contribution in [0.4, 0.5) is 10.1 Å². The van der Waals surface area contributed by atoms with Crippen LogP contribution in [0.5, 0.6) is 5.75 Å². The van der Waals surface area contributed by atoms with Gasteiger partial charge in [-0.3, -0.25) is 9.78 Å². The maximum atomic E-state index is 13.6. The van der Waals surface area contributed by atoms with Crippen molar-refractivity contribution in [2.45, 2.75) is 12.8 Å². The molecule has 0 saturated carbocycles. The van der Waals surface area contributed by atoms with Crippen molar-refractivity contribution in [3.63, 3.8) is 0 Å². The maximum Gasteiger partial charge on any atom is 0.269 e. The molecule has 2 N–H and O–H groups in total. The Hall–Kier alpha value is -3.41. The summed E-state index contributed by atoms with van der Waals surface area (Å²) in [5, 5.41) is 6.09. The fourth-order valence-electron chi connectivity index (χ4n) is 2.91.